The summed E-state index contributed by atoms with van der Waals surface area (Å²) in [6.07, 6.45) is 6.79. The van der Waals surface area contributed by atoms with Gasteiger partial charge < -0.3 is 10.6 Å². The van der Waals surface area contributed by atoms with Crippen LogP contribution < -0.4 is 10.6 Å². The molecule has 0 unspecified atom stereocenters. The molecule has 6 nitrogen and oxygen atoms in total. The minimum Gasteiger partial charge on any atom is -0.352 e. The molecule has 0 bridgehead atoms. The van der Waals surface area contributed by atoms with Crippen LogP contribution in [0.3, 0.4) is 0 Å². The predicted octanol–water partition coefficient (Wildman–Crippen LogP) is 3.30. The van der Waals surface area contributed by atoms with Crippen LogP contribution in [0.25, 0.3) is 10.9 Å². The number of hydrogen-bond donors (Lipinski definition) is 2. The Morgan fingerprint density at radius 2 is 1.88 bits per heavy atom. The van der Waals surface area contributed by atoms with E-state index in [1.54, 1.807) is 6.20 Å². The van der Waals surface area contributed by atoms with Crippen molar-refractivity contribution in [2.24, 2.45) is 0 Å². The van der Waals surface area contributed by atoms with Gasteiger partial charge >= 0.3 is 0 Å². The van der Waals surface area contributed by atoms with Crippen LogP contribution >= 0.6 is 0 Å². The predicted molar refractivity (Wildman–Crippen MR) is 94.3 cm³/mol. The lowest BCUT2D eigenvalue weighted by Gasteiger charge is -2.08. The van der Waals surface area contributed by atoms with Crippen LogP contribution in [-0.4, -0.2) is 27.4 Å². The van der Waals surface area contributed by atoms with Crippen LogP contribution in [0.2, 0.25) is 0 Å². The minimum absolute atomic E-state index is 0.151. The Balaban J connectivity index is 1.73. The van der Waals surface area contributed by atoms with Crippen molar-refractivity contribution >= 4 is 28.4 Å². The van der Waals surface area contributed by atoms with Gasteiger partial charge in [-0.1, -0.05) is 31.5 Å². The zero-order valence-corrected chi connectivity index (χ0v) is 13.5. The number of fused-ring (bicyclic) bond motifs is 1. The number of para-hydroxylation sites is 1. The number of rotatable bonds is 6. The topological polar surface area (TPSA) is 79.8 Å². The zero-order valence-electron chi connectivity index (χ0n) is 13.5. The van der Waals surface area contributed by atoms with E-state index in [9.17, 15) is 4.79 Å². The summed E-state index contributed by atoms with van der Waals surface area (Å²) in [6, 6.07) is 9.76. The maximum Gasteiger partial charge on any atom is 0.254 e. The Kier molecular flexibility index (Phi) is 4.96. The van der Waals surface area contributed by atoms with Gasteiger partial charge in [0, 0.05) is 30.5 Å². The molecule has 122 valence electrons. The number of nitrogens with one attached hydrogen (secondary N) is 2. The summed E-state index contributed by atoms with van der Waals surface area (Å²) in [6.45, 7) is 2.74. The highest BCUT2D eigenvalue weighted by molar-refractivity contribution is 5.94. The van der Waals surface area contributed by atoms with Gasteiger partial charge in [0.2, 0.25) is 5.95 Å². The summed E-state index contributed by atoms with van der Waals surface area (Å²) < 4.78 is 0. The summed E-state index contributed by atoms with van der Waals surface area (Å²) in [5.41, 5.74) is 2.13. The lowest BCUT2D eigenvalue weighted by Crippen LogP contribution is -2.24. The highest BCUT2D eigenvalue weighted by Gasteiger charge is 2.08. The van der Waals surface area contributed by atoms with Crippen molar-refractivity contribution in [2.45, 2.75) is 19.8 Å². The monoisotopic (exact) mass is 321 g/mol. The van der Waals surface area contributed by atoms with E-state index in [0.717, 1.165) is 29.4 Å². The van der Waals surface area contributed by atoms with Crippen LogP contribution in [0.1, 0.15) is 30.1 Å². The quantitative estimate of drug-likeness (QED) is 0.681. The summed E-state index contributed by atoms with van der Waals surface area (Å²) in [5.74, 6) is 0.278. The molecular formula is C18H19N5O. The lowest BCUT2D eigenvalue weighted by molar-refractivity contribution is 0.0952. The van der Waals surface area contributed by atoms with E-state index in [1.807, 2.05) is 30.3 Å². The smallest absolute Gasteiger partial charge is 0.254 e. The second-order valence-corrected chi connectivity index (χ2v) is 5.41. The van der Waals surface area contributed by atoms with E-state index in [0.29, 0.717) is 18.1 Å². The first-order valence-corrected chi connectivity index (χ1v) is 7.99. The van der Waals surface area contributed by atoms with E-state index < -0.39 is 0 Å². The molecule has 0 radical (unpaired) electrons. The van der Waals surface area contributed by atoms with E-state index >= 15 is 0 Å². The third kappa shape index (κ3) is 3.65. The van der Waals surface area contributed by atoms with Gasteiger partial charge in [0.05, 0.1) is 16.8 Å². The first kappa shape index (κ1) is 15.9. The number of carbonyl (C=O) groups is 1. The molecule has 2 aromatic heterocycles. The molecule has 0 atom stereocenters. The van der Waals surface area contributed by atoms with Gasteiger partial charge in [-0.3, -0.25) is 9.78 Å². The van der Waals surface area contributed by atoms with Crippen LogP contribution in [0.15, 0.2) is 48.9 Å². The van der Waals surface area contributed by atoms with Gasteiger partial charge in [0.1, 0.15) is 0 Å². The maximum absolute atomic E-state index is 11.9. The summed E-state index contributed by atoms with van der Waals surface area (Å²) in [4.78, 5) is 24.8. The number of aromatic nitrogens is 3. The molecule has 0 aliphatic carbocycles. The molecule has 3 aromatic rings. The molecular weight excluding hydrogens is 302 g/mol. The Labute approximate surface area is 140 Å². The molecule has 1 aromatic carbocycles. The summed E-state index contributed by atoms with van der Waals surface area (Å²) in [5, 5.41) is 7.03. The SMILES string of the molecule is CCCCNC(=O)c1cnc(Nc2cccc3cccnc23)nc1. The lowest BCUT2D eigenvalue weighted by atomic mass is 10.2. The molecule has 2 N–H and O–H groups in total. The minimum atomic E-state index is -0.151. The van der Waals surface area contributed by atoms with E-state index in [4.69, 9.17) is 0 Å². The average Bonchev–Trinajstić information content (AvgIpc) is 2.63. The molecule has 0 saturated heterocycles. The molecule has 0 aliphatic heterocycles. The number of unbranched alkanes of at least 4 members (excludes halogenated alkanes) is 1. The number of amides is 1. The fraction of sp³-hybridized carbons (Fsp3) is 0.222. The second-order valence-electron chi connectivity index (χ2n) is 5.41. The number of benzene rings is 1. The van der Waals surface area contributed by atoms with Crippen molar-refractivity contribution in [2.75, 3.05) is 11.9 Å². The van der Waals surface area contributed by atoms with E-state index in [1.165, 1.54) is 12.4 Å². The molecule has 0 fully saturated rings. The van der Waals surface area contributed by atoms with Gasteiger partial charge in [0.25, 0.3) is 5.91 Å². The van der Waals surface area contributed by atoms with Crippen LogP contribution in [0.5, 0.6) is 0 Å². The normalized spacial score (nSPS) is 10.5. The molecule has 6 heteroatoms. The van der Waals surface area contributed by atoms with E-state index in [-0.39, 0.29) is 5.91 Å². The van der Waals surface area contributed by atoms with Crippen LogP contribution in [0, 0.1) is 0 Å². The van der Waals surface area contributed by atoms with Crippen molar-refractivity contribution in [3.8, 4) is 0 Å². The average molecular weight is 321 g/mol. The zero-order chi connectivity index (χ0) is 16.8. The van der Waals surface area contributed by atoms with Gasteiger partial charge in [-0.15, -0.1) is 0 Å². The van der Waals surface area contributed by atoms with Crippen molar-refractivity contribution in [3.05, 3.63) is 54.5 Å². The number of carbonyl (C=O) groups excluding carboxylic acids is 1. The molecule has 0 aliphatic rings. The van der Waals surface area contributed by atoms with Gasteiger partial charge in [-0.2, -0.15) is 0 Å². The number of hydrogen-bond acceptors (Lipinski definition) is 5. The molecule has 2 heterocycles. The number of anilines is 2. The summed E-state index contributed by atoms with van der Waals surface area (Å²) in [7, 11) is 0. The fourth-order valence-corrected chi connectivity index (χ4v) is 2.32. The van der Waals surface area contributed by atoms with Crippen molar-refractivity contribution in [1.29, 1.82) is 0 Å². The largest absolute Gasteiger partial charge is 0.352 e. The van der Waals surface area contributed by atoms with Crippen molar-refractivity contribution in [3.63, 3.8) is 0 Å². The molecule has 0 spiro atoms. The van der Waals surface area contributed by atoms with Crippen molar-refractivity contribution < 1.29 is 4.79 Å². The Morgan fingerprint density at radius 3 is 2.67 bits per heavy atom. The third-order valence-electron chi connectivity index (χ3n) is 3.61. The summed E-state index contributed by atoms with van der Waals surface area (Å²) >= 11 is 0. The maximum atomic E-state index is 11.9. The standard InChI is InChI=1S/C18H19N5O/c1-2-3-9-20-17(24)14-11-21-18(22-12-14)23-15-8-4-6-13-7-5-10-19-16(13)15/h4-8,10-12H,2-3,9H2,1H3,(H,20,24)(H,21,22,23). The Morgan fingerprint density at radius 1 is 1.08 bits per heavy atom. The number of nitrogens with zero attached hydrogens (tertiary/aromatic N) is 3. The first-order chi connectivity index (χ1) is 11.8. The first-order valence-electron chi connectivity index (χ1n) is 7.99. The molecule has 24 heavy (non-hydrogen) atoms. The molecule has 3 rings (SSSR count). The third-order valence-corrected chi connectivity index (χ3v) is 3.61. The highest BCUT2D eigenvalue weighted by Crippen LogP contribution is 2.22. The second kappa shape index (κ2) is 7.50. The fourth-order valence-electron chi connectivity index (χ4n) is 2.32. The van der Waals surface area contributed by atoms with Gasteiger partial charge in [0.15, 0.2) is 0 Å². The van der Waals surface area contributed by atoms with Crippen LogP contribution in [0.4, 0.5) is 11.6 Å². The Hall–Kier alpha value is -3.02. The Bertz CT molecular complexity index is 827. The molecule has 1 amide bonds. The van der Waals surface area contributed by atoms with Crippen molar-refractivity contribution in [1.82, 2.24) is 20.3 Å². The van der Waals surface area contributed by atoms with Gasteiger partial charge in [-0.05, 0) is 18.6 Å². The molecule has 0 saturated carbocycles. The number of pyridine rings is 1. The van der Waals surface area contributed by atoms with E-state index in [2.05, 4.69) is 32.5 Å². The highest BCUT2D eigenvalue weighted by atomic mass is 16.1. The van der Waals surface area contributed by atoms with Crippen LogP contribution in [-0.2, 0) is 0 Å². The van der Waals surface area contributed by atoms with Gasteiger partial charge in [-0.25, -0.2) is 9.97 Å².